The number of carbonyl (C=O) groups is 2. The molecule has 0 aliphatic carbocycles. The minimum Gasteiger partial charge on any atom is -0.492 e. The predicted molar refractivity (Wildman–Crippen MR) is 158 cm³/mol. The Labute approximate surface area is 238 Å². The zero-order valence-corrected chi connectivity index (χ0v) is 24.9. The molecule has 0 bridgehead atoms. The van der Waals surface area contributed by atoms with Crippen molar-refractivity contribution in [1.29, 1.82) is 0 Å². The van der Waals surface area contributed by atoms with E-state index < -0.39 is 34.1 Å². The molecule has 1 unspecified atom stereocenters. The van der Waals surface area contributed by atoms with Crippen LogP contribution in [0.1, 0.15) is 45.7 Å². The van der Waals surface area contributed by atoms with Gasteiger partial charge in [0, 0.05) is 12.1 Å². The molecule has 0 aliphatic rings. The van der Waals surface area contributed by atoms with Gasteiger partial charge in [0.05, 0.1) is 17.2 Å². The highest BCUT2D eigenvalue weighted by Gasteiger charge is 2.34. The number of ether oxygens (including phenoxy) is 1. The molecule has 9 heteroatoms. The second kappa shape index (κ2) is 13.0. The average Bonchev–Trinajstić information content (AvgIpc) is 2.91. The number of para-hydroxylation sites is 2. The van der Waals surface area contributed by atoms with Gasteiger partial charge < -0.3 is 15.0 Å². The van der Waals surface area contributed by atoms with Crippen molar-refractivity contribution < 1.29 is 22.7 Å². The molecule has 0 spiro atoms. The van der Waals surface area contributed by atoms with Crippen LogP contribution in [0.2, 0.25) is 0 Å². The summed E-state index contributed by atoms with van der Waals surface area (Å²) in [5.74, 6) is -0.520. The molecular formula is C31H39N3O5S. The Bertz CT molecular complexity index is 1420. The summed E-state index contributed by atoms with van der Waals surface area (Å²) in [5, 5.41) is 2.94. The number of hydrogen-bond donors (Lipinski definition) is 1. The van der Waals surface area contributed by atoms with E-state index in [4.69, 9.17) is 4.74 Å². The number of nitrogens with zero attached hydrogens (tertiary/aromatic N) is 2. The Kier molecular flexibility index (Phi) is 9.98. The van der Waals surface area contributed by atoms with Crippen molar-refractivity contribution in [3.63, 3.8) is 0 Å². The van der Waals surface area contributed by atoms with E-state index in [1.165, 1.54) is 17.0 Å². The van der Waals surface area contributed by atoms with Gasteiger partial charge in [0.15, 0.2) is 0 Å². The van der Waals surface area contributed by atoms with Crippen LogP contribution in [0.25, 0.3) is 0 Å². The summed E-state index contributed by atoms with van der Waals surface area (Å²) in [4.78, 5) is 28.8. The van der Waals surface area contributed by atoms with Crippen molar-refractivity contribution in [1.82, 2.24) is 10.2 Å². The molecule has 3 aromatic carbocycles. The third-order valence-corrected chi connectivity index (χ3v) is 8.09. The number of benzene rings is 3. The van der Waals surface area contributed by atoms with E-state index >= 15 is 0 Å². The Morgan fingerprint density at radius 2 is 1.52 bits per heavy atom. The van der Waals surface area contributed by atoms with Gasteiger partial charge >= 0.3 is 0 Å². The van der Waals surface area contributed by atoms with Crippen LogP contribution in [0.3, 0.4) is 0 Å². The standard InChI is InChI=1S/C31H39N3O5S/c1-7-39-28-20-14-13-19-27(28)34(40(37,38)26-17-9-8-10-18-26)22-29(35)33(21-25-16-12-11-15-23(25)2)24(3)30(36)32-31(4,5)6/h8-20,24H,7,21-22H2,1-6H3,(H,32,36). The summed E-state index contributed by atoms with van der Waals surface area (Å²) in [6.45, 7) is 10.9. The van der Waals surface area contributed by atoms with Gasteiger partial charge in [-0.3, -0.25) is 13.9 Å². The van der Waals surface area contributed by atoms with Gasteiger partial charge in [-0.1, -0.05) is 54.6 Å². The first-order valence-corrected chi connectivity index (χ1v) is 14.7. The molecule has 0 fully saturated rings. The molecule has 3 aromatic rings. The molecule has 2 amide bonds. The molecule has 1 N–H and O–H groups in total. The monoisotopic (exact) mass is 565 g/mol. The number of hydrogen-bond acceptors (Lipinski definition) is 5. The number of amides is 2. The van der Waals surface area contributed by atoms with Crippen molar-refractivity contribution in [2.45, 2.75) is 64.6 Å². The van der Waals surface area contributed by atoms with Crippen LogP contribution >= 0.6 is 0 Å². The SMILES string of the molecule is CCOc1ccccc1N(CC(=O)N(Cc1ccccc1C)C(C)C(=O)NC(C)(C)C)S(=O)(=O)c1ccccc1. The lowest BCUT2D eigenvalue weighted by Gasteiger charge is -2.34. The second-order valence-electron chi connectivity index (χ2n) is 10.6. The van der Waals surface area contributed by atoms with Crippen molar-refractivity contribution >= 4 is 27.5 Å². The Balaban J connectivity index is 2.09. The van der Waals surface area contributed by atoms with Gasteiger partial charge in [-0.05, 0) is 76.9 Å². The van der Waals surface area contributed by atoms with Crippen LogP contribution < -0.4 is 14.4 Å². The Morgan fingerprint density at radius 1 is 0.925 bits per heavy atom. The normalized spacial score (nSPS) is 12.3. The first-order chi connectivity index (χ1) is 18.8. The number of carbonyl (C=O) groups excluding carboxylic acids is 2. The average molecular weight is 566 g/mol. The summed E-state index contributed by atoms with van der Waals surface area (Å²) in [6, 6.07) is 21.4. The third kappa shape index (κ3) is 7.63. The lowest BCUT2D eigenvalue weighted by atomic mass is 10.1. The van der Waals surface area contributed by atoms with Gasteiger partial charge in [0.1, 0.15) is 18.3 Å². The maximum absolute atomic E-state index is 14.1. The lowest BCUT2D eigenvalue weighted by molar-refractivity contribution is -0.140. The summed E-state index contributed by atoms with van der Waals surface area (Å²) in [5.41, 5.74) is 1.55. The molecule has 3 rings (SSSR count). The van der Waals surface area contributed by atoms with Crippen LogP contribution in [-0.2, 0) is 26.2 Å². The fourth-order valence-electron chi connectivity index (χ4n) is 4.20. The van der Waals surface area contributed by atoms with Crippen LogP contribution in [0.15, 0.2) is 83.8 Å². The molecule has 1 atom stereocenters. The summed E-state index contributed by atoms with van der Waals surface area (Å²) >= 11 is 0. The zero-order valence-electron chi connectivity index (χ0n) is 24.0. The molecular weight excluding hydrogens is 526 g/mol. The fourth-order valence-corrected chi connectivity index (χ4v) is 5.65. The van der Waals surface area contributed by atoms with Gasteiger partial charge in [0.2, 0.25) is 11.8 Å². The maximum Gasteiger partial charge on any atom is 0.264 e. The van der Waals surface area contributed by atoms with Gasteiger partial charge in [-0.2, -0.15) is 0 Å². The Hall–Kier alpha value is -3.85. The van der Waals surface area contributed by atoms with Crippen LogP contribution in [-0.4, -0.2) is 49.9 Å². The van der Waals surface area contributed by atoms with E-state index in [-0.39, 0.29) is 23.0 Å². The van der Waals surface area contributed by atoms with E-state index in [0.717, 1.165) is 15.4 Å². The molecule has 40 heavy (non-hydrogen) atoms. The second-order valence-corrected chi connectivity index (χ2v) is 12.5. The van der Waals surface area contributed by atoms with Gasteiger partial charge in [-0.25, -0.2) is 8.42 Å². The number of rotatable bonds is 11. The van der Waals surface area contributed by atoms with E-state index in [0.29, 0.717) is 12.4 Å². The molecule has 0 aliphatic heterocycles. The molecule has 214 valence electrons. The topological polar surface area (TPSA) is 96.0 Å². The number of anilines is 1. The largest absolute Gasteiger partial charge is 0.492 e. The molecule has 0 aromatic heterocycles. The van der Waals surface area contributed by atoms with E-state index in [1.54, 1.807) is 56.3 Å². The summed E-state index contributed by atoms with van der Waals surface area (Å²) in [6.07, 6.45) is 0. The predicted octanol–water partition coefficient (Wildman–Crippen LogP) is 4.92. The highest BCUT2D eigenvalue weighted by Crippen LogP contribution is 2.33. The van der Waals surface area contributed by atoms with Gasteiger partial charge in [-0.15, -0.1) is 0 Å². The molecule has 0 saturated heterocycles. The zero-order chi connectivity index (χ0) is 29.5. The number of aryl methyl sites for hydroxylation is 1. The molecule has 8 nitrogen and oxygen atoms in total. The van der Waals surface area contributed by atoms with Crippen LogP contribution in [0.5, 0.6) is 5.75 Å². The fraction of sp³-hybridized carbons (Fsp3) is 0.355. The Morgan fingerprint density at radius 3 is 2.15 bits per heavy atom. The first-order valence-electron chi connectivity index (χ1n) is 13.3. The van der Waals surface area contributed by atoms with E-state index in [2.05, 4.69) is 5.32 Å². The highest BCUT2D eigenvalue weighted by atomic mass is 32.2. The highest BCUT2D eigenvalue weighted by molar-refractivity contribution is 7.92. The number of nitrogens with one attached hydrogen (secondary N) is 1. The quantitative estimate of drug-likeness (QED) is 0.356. The minimum absolute atomic E-state index is 0.0399. The summed E-state index contributed by atoms with van der Waals surface area (Å²) in [7, 11) is -4.17. The molecule has 0 radical (unpaired) electrons. The smallest absolute Gasteiger partial charge is 0.264 e. The van der Waals surface area contributed by atoms with Gasteiger partial charge in [0.25, 0.3) is 10.0 Å². The van der Waals surface area contributed by atoms with Crippen molar-refractivity contribution in [3.8, 4) is 5.75 Å². The minimum atomic E-state index is -4.17. The van der Waals surface area contributed by atoms with Crippen LogP contribution in [0, 0.1) is 6.92 Å². The summed E-state index contributed by atoms with van der Waals surface area (Å²) < 4.78 is 34.8. The first kappa shape index (κ1) is 30.7. The maximum atomic E-state index is 14.1. The molecule has 0 heterocycles. The van der Waals surface area contributed by atoms with Crippen molar-refractivity contribution in [2.24, 2.45) is 0 Å². The lowest BCUT2D eigenvalue weighted by Crippen LogP contribution is -2.54. The van der Waals surface area contributed by atoms with Crippen molar-refractivity contribution in [3.05, 3.63) is 90.0 Å². The number of sulfonamides is 1. The van der Waals surface area contributed by atoms with Crippen LogP contribution in [0.4, 0.5) is 5.69 Å². The third-order valence-electron chi connectivity index (χ3n) is 6.31. The molecule has 0 saturated carbocycles. The van der Waals surface area contributed by atoms with E-state index in [1.807, 2.05) is 52.0 Å². The van der Waals surface area contributed by atoms with E-state index in [9.17, 15) is 18.0 Å². The van der Waals surface area contributed by atoms with Crippen molar-refractivity contribution in [2.75, 3.05) is 17.5 Å².